The summed E-state index contributed by atoms with van der Waals surface area (Å²) in [5, 5.41) is 0. The van der Waals surface area contributed by atoms with Gasteiger partial charge in [0.15, 0.2) is 24.4 Å². The van der Waals surface area contributed by atoms with Gasteiger partial charge in [0, 0.05) is 60.4 Å². The van der Waals surface area contributed by atoms with E-state index in [0.717, 1.165) is 25.2 Å². The molecule has 3 aromatic rings. The van der Waals surface area contributed by atoms with Gasteiger partial charge in [-0.25, -0.2) is 19.2 Å². The number of nitrogens with zero attached hydrogens (tertiary/aromatic N) is 5. The Balaban J connectivity index is 0.00000720. The molecule has 0 unspecified atom stereocenters. The molecule has 0 spiro atoms. The van der Waals surface area contributed by atoms with Crippen LogP contribution in [0.25, 0.3) is 0 Å². The fraction of sp³-hybridized carbons (Fsp3) is 0.590. The largest absolute Gasteiger partial charge is 0.489 e. The second-order valence-electron chi connectivity index (χ2n) is 21.9. The molecule has 2 aromatic carbocycles. The van der Waals surface area contributed by atoms with Gasteiger partial charge in [-0.1, -0.05) is 118 Å². The summed E-state index contributed by atoms with van der Waals surface area (Å²) < 4.78 is 30.0. The van der Waals surface area contributed by atoms with Crippen LogP contribution >= 0.6 is 0 Å². The molecule has 4 amide bonds. The fourth-order valence-electron chi connectivity index (χ4n) is 9.00. The summed E-state index contributed by atoms with van der Waals surface area (Å²) in [6.07, 6.45) is -2.04. The van der Waals surface area contributed by atoms with Crippen LogP contribution in [0.1, 0.15) is 133 Å². The molecule has 0 radical (unpaired) electrons. The highest BCUT2D eigenvalue weighted by Gasteiger charge is 2.43. The van der Waals surface area contributed by atoms with Gasteiger partial charge in [0.05, 0.1) is 0 Å². The Labute approximate surface area is 470 Å². The van der Waals surface area contributed by atoms with Gasteiger partial charge in [0.2, 0.25) is 0 Å². The van der Waals surface area contributed by atoms with Crippen molar-refractivity contribution >= 4 is 47.5 Å². The van der Waals surface area contributed by atoms with Crippen LogP contribution < -0.4 is 4.74 Å². The fourth-order valence-corrected chi connectivity index (χ4v) is 9.00. The molecule has 1 fully saturated rings. The maximum absolute atomic E-state index is 15.0. The van der Waals surface area contributed by atoms with Crippen molar-refractivity contribution < 1.29 is 63.5 Å². The van der Waals surface area contributed by atoms with E-state index in [1.54, 1.807) is 73.1 Å². The number of hydrogen-bond acceptors (Lipinski definition) is 14. The van der Waals surface area contributed by atoms with Crippen molar-refractivity contribution in [2.75, 3.05) is 28.2 Å². The summed E-state index contributed by atoms with van der Waals surface area (Å²) in [5.41, 5.74) is 2.07. The summed E-state index contributed by atoms with van der Waals surface area (Å²) in [6.45, 7) is 22.0. The number of likely N-dealkylation sites (N-methyl/N-ethyl adjacent to an activating group) is 4. The summed E-state index contributed by atoms with van der Waals surface area (Å²) in [4.78, 5) is 125. The van der Waals surface area contributed by atoms with Crippen molar-refractivity contribution in [3.8, 4) is 5.75 Å². The molecule has 0 bridgehead atoms. The molecule has 1 saturated heterocycles. The van der Waals surface area contributed by atoms with Gasteiger partial charge in [0.25, 0.3) is 23.6 Å². The molecule has 0 saturated carbocycles. The molecular formula is C61H91N5O13. The molecule has 8 atom stereocenters. The molecule has 79 heavy (non-hydrogen) atoms. The number of esters is 4. The molecule has 0 aliphatic carbocycles. The molecule has 2 heterocycles. The van der Waals surface area contributed by atoms with E-state index in [1.807, 2.05) is 75.3 Å². The van der Waals surface area contributed by atoms with Crippen molar-refractivity contribution in [2.24, 2.45) is 23.7 Å². The third-order valence-corrected chi connectivity index (χ3v) is 13.5. The van der Waals surface area contributed by atoms with E-state index in [2.05, 4.69) is 4.98 Å². The van der Waals surface area contributed by atoms with E-state index in [0.29, 0.717) is 23.3 Å². The zero-order valence-electron chi connectivity index (χ0n) is 49.6. The third-order valence-electron chi connectivity index (χ3n) is 13.5. The van der Waals surface area contributed by atoms with Gasteiger partial charge in [0.1, 0.15) is 36.5 Å². The first-order valence-electron chi connectivity index (χ1n) is 27.8. The van der Waals surface area contributed by atoms with Crippen LogP contribution in [0.4, 0.5) is 0 Å². The summed E-state index contributed by atoms with van der Waals surface area (Å²) in [6, 6.07) is 14.3. The maximum atomic E-state index is 15.0. The maximum Gasteiger partial charge on any atom is 0.329 e. The van der Waals surface area contributed by atoms with Gasteiger partial charge in [-0.3, -0.25) is 24.2 Å². The zero-order valence-corrected chi connectivity index (χ0v) is 49.6. The number of aromatic nitrogens is 1. The first-order valence-corrected chi connectivity index (χ1v) is 27.8. The Morgan fingerprint density at radius 3 is 1.27 bits per heavy atom. The van der Waals surface area contributed by atoms with Crippen molar-refractivity contribution in [3.63, 3.8) is 0 Å². The summed E-state index contributed by atoms with van der Waals surface area (Å²) >= 11 is 0. The molecule has 438 valence electrons. The Hall–Kier alpha value is -6.85. The molecule has 0 N–H and O–H groups in total. The van der Waals surface area contributed by atoms with Gasteiger partial charge in [-0.2, -0.15) is 0 Å². The number of rotatable bonds is 16. The lowest BCUT2D eigenvalue weighted by Gasteiger charge is -2.35. The number of pyridine rings is 1. The van der Waals surface area contributed by atoms with Gasteiger partial charge >= 0.3 is 23.9 Å². The Morgan fingerprint density at radius 2 is 0.861 bits per heavy atom. The SMILES string of the molecule is CC.CC(C)CC[C@H]1C(=O)O[C@H](Cc2ccc(OCc3cccnc3)cc2)C(=O)N(C)[C@@H](CC(C)C)C(=O)O[C@H](C)C(=O)N(C)[C@@H](CC(C)C)C(=O)O[C@H](Cc2ccccc2)C(=O)N(C)[C@@H](CC(C)C)C(=O)O[C@H](C)C(=O)N1C.[HH]. The van der Waals surface area contributed by atoms with Crippen molar-refractivity contribution in [3.05, 3.63) is 95.8 Å². The lowest BCUT2D eigenvalue weighted by Crippen LogP contribution is -2.54. The zero-order chi connectivity index (χ0) is 59.3. The van der Waals surface area contributed by atoms with E-state index >= 15 is 0 Å². The lowest BCUT2D eigenvalue weighted by molar-refractivity contribution is -0.176. The van der Waals surface area contributed by atoms with Gasteiger partial charge in [-0.15, -0.1) is 0 Å². The average Bonchev–Trinajstić information content (AvgIpc) is 3.41. The van der Waals surface area contributed by atoms with Crippen LogP contribution in [-0.4, -0.2) is 149 Å². The quantitative estimate of drug-likeness (QED) is 0.0977. The van der Waals surface area contributed by atoms with Crippen LogP contribution in [0.2, 0.25) is 0 Å². The minimum absolute atomic E-state index is 0. The minimum atomic E-state index is -1.55. The Kier molecular flexibility index (Phi) is 27.1. The highest BCUT2D eigenvalue weighted by molar-refractivity contribution is 5.94. The van der Waals surface area contributed by atoms with Crippen LogP contribution in [0.5, 0.6) is 5.75 Å². The molecule has 1 aliphatic heterocycles. The molecule has 4 rings (SSSR count). The molecule has 18 heteroatoms. The van der Waals surface area contributed by atoms with Crippen LogP contribution in [-0.2, 0) is 76.8 Å². The monoisotopic (exact) mass is 1100 g/mol. The molecular weight excluding hydrogens is 1010 g/mol. The molecule has 1 aliphatic rings. The third kappa shape index (κ3) is 20.4. The lowest BCUT2D eigenvalue weighted by atomic mass is 10.00. The number of benzene rings is 2. The normalized spacial score (nSPS) is 23.0. The van der Waals surface area contributed by atoms with Crippen LogP contribution in [0.15, 0.2) is 79.1 Å². The van der Waals surface area contributed by atoms with Crippen molar-refractivity contribution in [2.45, 2.75) is 183 Å². The number of hydrogen-bond donors (Lipinski definition) is 0. The van der Waals surface area contributed by atoms with E-state index in [1.165, 1.54) is 42.0 Å². The van der Waals surface area contributed by atoms with Crippen molar-refractivity contribution in [1.29, 1.82) is 0 Å². The van der Waals surface area contributed by atoms with Gasteiger partial charge < -0.3 is 43.3 Å². The topological polar surface area (TPSA) is 209 Å². The Bertz CT molecular complexity index is 2440. The van der Waals surface area contributed by atoms with Gasteiger partial charge in [-0.05, 0) is 98.9 Å². The second kappa shape index (κ2) is 32.3. The van der Waals surface area contributed by atoms with Crippen molar-refractivity contribution in [1.82, 2.24) is 24.6 Å². The number of carbonyl (C=O) groups is 8. The highest BCUT2D eigenvalue weighted by Crippen LogP contribution is 2.25. The highest BCUT2D eigenvalue weighted by atomic mass is 16.6. The molecule has 18 nitrogen and oxygen atoms in total. The molecule has 1 aromatic heterocycles. The van der Waals surface area contributed by atoms with E-state index in [-0.39, 0.29) is 70.2 Å². The second-order valence-corrected chi connectivity index (χ2v) is 21.9. The Morgan fingerprint density at radius 1 is 0.481 bits per heavy atom. The van der Waals surface area contributed by atoms with E-state index in [9.17, 15) is 38.4 Å². The average molecular weight is 1100 g/mol. The first-order chi connectivity index (χ1) is 37.3. The first kappa shape index (κ1) is 66.4. The van der Waals surface area contributed by atoms with E-state index < -0.39 is 96.1 Å². The number of ether oxygens (including phenoxy) is 5. The smallest absolute Gasteiger partial charge is 0.329 e. The summed E-state index contributed by atoms with van der Waals surface area (Å²) in [7, 11) is 5.56. The standard InChI is InChI=1S/C59H83N5O13.C2H6.H2/c1-36(2)22-27-46-56(69)76-51(33-43-23-25-45(26-24-43)73-35-44-21-18-28-60-34-44)55(68)64(14)48(30-38(5)6)58(71)75-41(10)53(66)62(12)49(31-39(7)8)59(72)77-50(32-42-19-16-15-17-20-42)54(67)63(13)47(29-37(3)4)57(70)74-40(9)52(65)61(46)11;1-2;/h15-21,23-26,28,34,36-41,46-51H,22,27,29-33,35H2,1-14H3;1-2H3;1H/t40-,41-,46+,47+,48+,49+,50-,51-;;/m1../s1. The number of amides is 4. The minimum Gasteiger partial charge on any atom is -0.489 e. The number of carbonyl (C=O) groups excluding carboxylic acids is 8. The predicted octanol–water partition coefficient (Wildman–Crippen LogP) is 8.30. The predicted molar refractivity (Wildman–Crippen MR) is 302 cm³/mol. The summed E-state index contributed by atoms with van der Waals surface area (Å²) in [5.74, 6) is -6.58. The van der Waals surface area contributed by atoms with E-state index in [4.69, 9.17) is 23.7 Å². The van der Waals surface area contributed by atoms with Crippen LogP contribution in [0.3, 0.4) is 0 Å². The van der Waals surface area contributed by atoms with Crippen LogP contribution in [0, 0.1) is 23.7 Å². The number of cyclic esters (lactones) is 4.